The minimum Gasteiger partial charge on any atom is -0.397 e. The van der Waals surface area contributed by atoms with E-state index in [9.17, 15) is 4.79 Å². The lowest BCUT2D eigenvalue weighted by molar-refractivity contribution is 0.102. The third kappa shape index (κ3) is 4.61. The Kier molecular flexibility index (Phi) is 5.42. The van der Waals surface area contributed by atoms with Crippen LogP contribution in [-0.4, -0.2) is 20.3 Å². The summed E-state index contributed by atoms with van der Waals surface area (Å²) in [6.07, 6.45) is 7.87. The normalized spacial score (nSPS) is 13.1. The molecule has 1 amide bonds. The number of nitrogens with two attached hydrogens (primary N) is 1. The second-order valence-electron chi connectivity index (χ2n) is 8.84. The molecule has 8 heteroatoms. The van der Waals surface area contributed by atoms with E-state index < -0.39 is 0 Å². The van der Waals surface area contributed by atoms with E-state index >= 15 is 0 Å². The summed E-state index contributed by atoms with van der Waals surface area (Å²) in [6, 6.07) is 18.7. The number of nitrogen functional groups attached to an aromatic ring is 1. The number of amides is 1. The molecular weight excluding hydrogens is 456 g/mol. The summed E-state index contributed by atoms with van der Waals surface area (Å²) < 4.78 is 2.13. The zero-order valence-corrected chi connectivity index (χ0v) is 19.8. The van der Waals surface area contributed by atoms with Crippen molar-refractivity contribution < 1.29 is 4.79 Å². The predicted octanol–water partition coefficient (Wildman–Crippen LogP) is 5.99. The number of hydrogen-bond donors (Lipinski definition) is 3. The smallest absolute Gasteiger partial charge is 0.255 e. The van der Waals surface area contributed by atoms with Crippen molar-refractivity contribution in [3.05, 3.63) is 89.6 Å². The van der Waals surface area contributed by atoms with Crippen molar-refractivity contribution >= 4 is 45.1 Å². The van der Waals surface area contributed by atoms with Gasteiger partial charge in [0.1, 0.15) is 11.3 Å². The maximum atomic E-state index is 12.6. The van der Waals surface area contributed by atoms with Gasteiger partial charge in [0.25, 0.3) is 5.91 Å². The first-order valence-corrected chi connectivity index (χ1v) is 12.5. The van der Waals surface area contributed by atoms with Crippen LogP contribution < -0.4 is 16.4 Å². The molecule has 4 N–H and O–H groups in total. The van der Waals surface area contributed by atoms with E-state index in [1.54, 1.807) is 24.3 Å². The Morgan fingerprint density at radius 1 is 1.09 bits per heavy atom. The zero-order chi connectivity index (χ0) is 23.8. The van der Waals surface area contributed by atoms with Crippen molar-refractivity contribution in [1.82, 2.24) is 14.4 Å². The Hall–Kier alpha value is -4.17. The molecule has 35 heavy (non-hydrogen) atoms. The third-order valence-electron chi connectivity index (χ3n) is 6.16. The molecule has 0 saturated heterocycles. The van der Waals surface area contributed by atoms with E-state index in [4.69, 9.17) is 10.7 Å². The van der Waals surface area contributed by atoms with Crippen LogP contribution in [0.25, 0.3) is 17.0 Å². The number of pyridine rings is 1. The Morgan fingerprint density at radius 2 is 1.91 bits per heavy atom. The number of rotatable bonds is 7. The monoisotopic (exact) mass is 480 g/mol. The standard InChI is InChI=1S/C27H24N6OS/c28-21-3-1-2-4-22(21)31-26(34)19-8-10-20(11-9-19)30-27-32-23(16-35-27)24-14-29-25-12-7-18(15-33(24)25)13-17-5-6-17/h1-4,7-12,14-17H,5-6,13,28H2,(H,30,32)(H,31,34). The van der Waals surface area contributed by atoms with Gasteiger partial charge in [0.05, 0.1) is 23.3 Å². The molecule has 0 spiro atoms. The molecule has 0 aliphatic heterocycles. The summed E-state index contributed by atoms with van der Waals surface area (Å²) in [6.45, 7) is 0. The number of aromatic nitrogens is 3. The van der Waals surface area contributed by atoms with Gasteiger partial charge in [-0.15, -0.1) is 11.3 Å². The number of nitrogens with zero attached hydrogens (tertiary/aromatic N) is 3. The van der Waals surface area contributed by atoms with Crippen LogP contribution in [0.4, 0.5) is 22.2 Å². The van der Waals surface area contributed by atoms with Gasteiger partial charge in [-0.25, -0.2) is 9.97 Å². The van der Waals surface area contributed by atoms with Crippen molar-refractivity contribution in [3.8, 4) is 11.4 Å². The van der Waals surface area contributed by atoms with Gasteiger partial charge < -0.3 is 16.4 Å². The molecule has 0 unspecified atom stereocenters. The molecule has 174 valence electrons. The molecule has 6 rings (SSSR count). The quantitative estimate of drug-likeness (QED) is 0.249. The highest BCUT2D eigenvalue weighted by Crippen LogP contribution is 2.33. The van der Waals surface area contributed by atoms with Gasteiger partial charge in [-0.05, 0) is 73.2 Å². The average Bonchev–Trinajstić information content (AvgIpc) is 3.40. The number of carbonyl (C=O) groups excluding carboxylic acids is 1. The zero-order valence-electron chi connectivity index (χ0n) is 18.9. The van der Waals surface area contributed by atoms with Gasteiger partial charge in [0.2, 0.25) is 0 Å². The lowest BCUT2D eigenvalue weighted by Gasteiger charge is -2.08. The first-order valence-electron chi connectivity index (χ1n) is 11.6. The van der Waals surface area contributed by atoms with Crippen molar-refractivity contribution in [3.63, 3.8) is 0 Å². The first-order chi connectivity index (χ1) is 17.1. The third-order valence-corrected chi connectivity index (χ3v) is 6.92. The molecule has 1 aliphatic rings. The minimum absolute atomic E-state index is 0.209. The van der Waals surface area contributed by atoms with E-state index in [-0.39, 0.29) is 5.91 Å². The maximum absolute atomic E-state index is 12.6. The van der Waals surface area contributed by atoms with Crippen molar-refractivity contribution in [2.24, 2.45) is 5.92 Å². The summed E-state index contributed by atoms with van der Waals surface area (Å²) in [5.74, 6) is 0.628. The van der Waals surface area contributed by atoms with E-state index in [2.05, 4.69) is 38.3 Å². The number of thiazole rings is 1. The molecule has 1 aliphatic carbocycles. The average molecular weight is 481 g/mol. The number of fused-ring (bicyclic) bond motifs is 1. The maximum Gasteiger partial charge on any atom is 0.255 e. The Balaban J connectivity index is 1.16. The topological polar surface area (TPSA) is 97.3 Å². The van der Waals surface area contributed by atoms with Crippen LogP contribution in [0.3, 0.4) is 0 Å². The summed E-state index contributed by atoms with van der Waals surface area (Å²) >= 11 is 1.53. The molecule has 5 aromatic rings. The second kappa shape index (κ2) is 8.88. The Morgan fingerprint density at radius 3 is 2.71 bits per heavy atom. The van der Waals surface area contributed by atoms with E-state index in [1.165, 1.54) is 29.7 Å². The fourth-order valence-corrected chi connectivity index (χ4v) is 4.80. The molecule has 3 aromatic heterocycles. The fourth-order valence-electron chi connectivity index (χ4n) is 4.07. The molecule has 1 fully saturated rings. The van der Waals surface area contributed by atoms with Crippen LogP contribution in [-0.2, 0) is 6.42 Å². The second-order valence-corrected chi connectivity index (χ2v) is 9.70. The molecule has 1 saturated carbocycles. The SMILES string of the molecule is Nc1ccccc1NC(=O)c1ccc(Nc2nc(-c3cnc4ccc(CC5CC5)cn34)cs2)cc1. The van der Waals surface area contributed by atoms with Crippen molar-refractivity contribution in [1.29, 1.82) is 0 Å². The summed E-state index contributed by atoms with van der Waals surface area (Å²) in [5, 5.41) is 8.98. The lowest BCUT2D eigenvalue weighted by Crippen LogP contribution is -2.13. The number of carbonyl (C=O) groups is 1. The van der Waals surface area contributed by atoms with Crippen LogP contribution in [0.1, 0.15) is 28.8 Å². The molecule has 0 bridgehead atoms. The molecular formula is C27H24N6OS. The van der Waals surface area contributed by atoms with Crippen LogP contribution in [0.5, 0.6) is 0 Å². The number of hydrogen-bond acceptors (Lipinski definition) is 6. The summed E-state index contributed by atoms with van der Waals surface area (Å²) in [4.78, 5) is 21.9. The molecule has 7 nitrogen and oxygen atoms in total. The largest absolute Gasteiger partial charge is 0.397 e. The van der Waals surface area contributed by atoms with Gasteiger partial charge in [0, 0.05) is 22.8 Å². The van der Waals surface area contributed by atoms with Gasteiger partial charge in [-0.2, -0.15) is 0 Å². The van der Waals surface area contributed by atoms with Crippen molar-refractivity contribution in [2.75, 3.05) is 16.4 Å². The highest BCUT2D eigenvalue weighted by atomic mass is 32.1. The fraction of sp³-hybridized carbons (Fsp3) is 0.148. The Bertz CT molecular complexity index is 1520. The van der Waals surface area contributed by atoms with Gasteiger partial charge in [0.15, 0.2) is 5.13 Å². The number of nitrogens with one attached hydrogen (secondary N) is 2. The molecule has 0 atom stereocenters. The number of benzene rings is 2. The molecule has 0 radical (unpaired) electrons. The van der Waals surface area contributed by atoms with E-state index in [0.717, 1.165) is 40.2 Å². The molecule has 2 aromatic carbocycles. The van der Waals surface area contributed by atoms with Gasteiger partial charge in [-0.1, -0.05) is 18.2 Å². The highest BCUT2D eigenvalue weighted by Gasteiger charge is 2.22. The lowest BCUT2D eigenvalue weighted by atomic mass is 10.1. The first kappa shape index (κ1) is 21.4. The van der Waals surface area contributed by atoms with Crippen LogP contribution in [0, 0.1) is 5.92 Å². The number of anilines is 4. The van der Waals surface area contributed by atoms with Crippen LogP contribution in [0.15, 0.2) is 78.4 Å². The van der Waals surface area contributed by atoms with E-state index in [1.807, 2.05) is 35.8 Å². The van der Waals surface area contributed by atoms with Gasteiger partial charge >= 0.3 is 0 Å². The van der Waals surface area contributed by atoms with Crippen LogP contribution >= 0.6 is 11.3 Å². The Labute approximate surface area is 206 Å². The highest BCUT2D eigenvalue weighted by molar-refractivity contribution is 7.14. The predicted molar refractivity (Wildman–Crippen MR) is 141 cm³/mol. The molecule has 3 heterocycles. The summed E-state index contributed by atoms with van der Waals surface area (Å²) in [5.41, 5.74) is 12.6. The minimum atomic E-state index is -0.209. The summed E-state index contributed by atoms with van der Waals surface area (Å²) in [7, 11) is 0. The number of para-hydroxylation sites is 2. The van der Waals surface area contributed by atoms with Gasteiger partial charge in [-0.3, -0.25) is 9.20 Å². The van der Waals surface area contributed by atoms with Crippen LogP contribution in [0.2, 0.25) is 0 Å². The van der Waals surface area contributed by atoms with Crippen molar-refractivity contribution in [2.45, 2.75) is 19.3 Å². The number of imidazole rings is 1. The van der Waals surface area contributed by atoms with E-state index in [0.29, 0.717) is 16.9 Å².